The van der Waals surface area contributed by atoms with Crippen LogP contribution in [0.5, 0.6) is 0 Å². The van der Waals surface area contributed by atoms with Gasteiger partial charge in [0.15, 0.2) is 0 Å². The average Bonchev–Trinajstić information content (AvgIpc) is 2.34. The van der Waals surface area contributed by atoms with Crippen LogP contribution in [0.2, 0.25) is 0 Å². The molecular formula is C14H22FN3O. The number of urea groups is 1. The van der Waals surface area contributed by atoms with E-state index in [2.05, 4.69) is 15.5 Å². The number of amides is 2. The first-order valence-electron chi connectivity index (χ1n) is 6.49. The van der Waals surface area contributed by atoms with Gasteiger partial charge in [0.1, 0.15) is 5.82 Å². The fraction of sp³-hybridized carbons (Fsp3) is 0.500. The van der Waals surface area contributed by atoms with Crippen molar-refractivity contribution in [3.8, 4) is 0 Å². The molecule has 5 heteroatoms. The number of nitrogens with one attached hydrogen (secondary N) is 2. The quantitative estimate of drug-likeness (QED) is 0.737. The molecule has 0 saturated heterocycles. The predicted molar refractivity (Wildman–Crippen MR) is 74.7 cm³/mol. The standard InChI is InChI=1S/C14H22FN3O/c1-18(2)10-4-8-16-14(19)17-9-7-12-5-3-6-13(15)11-12/h3,5-6,11H,4,7-10H2,1-2H3,(H2,16,17,19). The van der Waals surface area contributed by atoms with Crippen LogP contribution < -0.4 is 10.6 Å². The number of halogens is 1. The van der Waals surface area contributed by atoms with Crippen molar-refractivity contribution < 1.29 is 9.18 Å². The number of benzene rings is 1. The largest absolute Gasteiger partial charge is 0.338 e. The second-order valence-corrected chi connectivity index (χ2v) is 4.72. The Morgan fingerprint density at radius 1 is 1.26 bits per heavy atom. The Bertz CT molecular complexity index is 396. The topological polar surface area (TPSA) is 44.4 Å². The molecule has 0 aromatic heterocycles. The summed E-state index contributed by atoms with van der Waals surface area (Å²) in [5.74, 6) is -0.245. The van der Waals surface area contributed by atoms with Gasteiger partial charge in [0, 0.05) is 13.1 Å². The number of carbonyl (C=O) groups is 1. The van der Waals surface area contributed by atoms with Crippen molar-refractivity contribution in [1.82, 2.24) is 15.5 Å². The zero-order chi connectivity index (χ0) is 14.1. The Balaban J connectivity index is 2.10. The molecule has 0 bridgehead atoms. The molecule has 0 radical (unpaired) electrons. The normalized spacial score (nSPS) is 10.5. The smallest absolute Gasteiger partial charge is 0.314 e. The summed E-state index contributed by atoms with van der Waals surface area (Å²) in [5.41, 5.74) is 0.882. The summed E-state index contributed by atoms with van der Waals surface area (Å²) in [7, 11) is 4.00. The highest BCUT2D eigenvalue weighted by Crippen LogP contribution is 2.03. The Hall–Kier alpha value is -1.62. The van der Waals surface area contributed by atoms with Crippen molar-refractivity contribution in [2.24, 2.45) is 0 Å². The Labute approximate surface area is 114 Å². The highest BCUT2D eigenvalue weighted by molar-refractivity contribution is 5.73. The minimum absolute atomic E-state index is 0.171. The first kappa shape index (κ1) is 15.4. The average molecular weight is 267 g/mol. The van der Waals surface area contributed by atoms with Gasteiger partial charge in [-0.25, -0.2) is 9.18 Å². The zero-order valence-electron chi connectivity index (χ0n) is 11.6. The third-order valence-electron chi connectivity index (χ3n) is 2.66. The van der Waals surface area contributed by atoms with E-state index in [9.17, 15) is 9.18 Å². The molecule has 0 aliphatic rings. The maximum Gasteiger partial charge on any atom is 0.314 e. The highest BCUT2D eigenvalue weighted by atomic mass is 19.1. The van der Waals surface area contributed by atoms with Gasteiger partial charge < -0.3 is 15.5 Å². The SMILES string of the molecule is CN(C)CCCNC(=O)NCCc1cccc(F)c1. The van der Waals surface area contributed by atoms with Gasteiger partial charge in [-0.3, -0.25) is 0 Å². The molecule has 106 valence electrons. The van der Waals surface area contributed by atoms with Crippen molar-refractivity contribution in [2.75, 3.05) is 33.7 Å². The monoisotopic (exact) mass is 267 g/mol. The van der Waals surface area contributed by atoms with Crippen LogP contribution in [0.4, 0.5) is 9.18 Å². The molecule has 0 spiro atoms. The third-order valence-corrected chi connectivity index (χ3v) is 2.66. The molecule has 2 N–H and O–H groups in total. The number of nitrogens with zero attached hydrogens (tertiary/aromatic N) is 1. The maximum absolute atomic E-state index is 12.9. The van der Waals surface area contributed by atoms with E-state index in [-0.39, 0.29) is 11.8 Å². The first-order valence-corrected chi connectivity index (χ1v) is 6.49. The van der Waals surface area contributed by atoms with E-state index in [1.807, 2.05) is 20.2 Å². The Morgan fingerprint density at radius 3 is 2.68 bits per heavy atom. The molecule has 0 unspecified atom stereocenters. The van der Waals surface area contributed by atoms with Crippen molar-refractivity contribution >= 4 is 6.03 Å². The molecule has 0 aliphatic carbocycles. The summed E-state index contributed by atoms with van der Waals surface area (Å²) in [6.07, 6.45) is 1.55. The molecule has 0 atom stereocenters. The molecule has 0 heterocycles. The lowest BCUT2D eigenvalue weighted by Crippen LogP contribution is -2.37. The minimum atomic E-state index is -0.245. The molecule has 1 aromatic carbocycles. The van der Waals surface area contributed by atoms with Crippen LogP contribution in [0.1, 0.15) is 12.0 Å². The van der Waals surface area contributed by atoms with Gasteiger partial charge in [-0.2, -0.15) is 0 Å². The first-order chi connectivity index (χ1) is 9.08. The zero-order valence-corrected chi connectivity index (χ0v) is 11.6. The van der Waals surface area contributed by atoms with E-state index in [0.717, 1.165) is 18.5 Å². The number of rotatable bonds is 7. The van der Waals surface area contributed by atoms with E-state index >= 15 is 0 Å². The molecule has 0 saturated carbocycles. The van der Waals surface area contributed by atoms with Gasteiger partial charge >= 0.3 is 6.03 Å². The van der Waals surface area contributed by atoms with E-state index in [4.69, 9.17) is 0 Å². The fourth-order valence-electron chi connectivity index (χ4n) is 1.67. The van der Waals surface area contributed by atoms with E-state index < -0.39 is 0 Å². The predicted octanol–water partition coefficient (Wildman–Crippen LogP) is 1.62. The van der Waals surface area contributed by atoms with Crippen molar-refractivity contribution in [2.45, 2.75) is 12.8 Å². The van der Waals surface area contributed by atoms with Gasteiger partial charge in [0.25, 0.3) is 0 Å². The van der Waals surface area contributed by atoms with Gasteiger partial charge in [0.05, 0.1) is 0 Å². The second-order valence-electron chi connectivity index (χ2n) is 4.72. The molecule has 2 amide bonds. The number of hydrogen-bond donors (Lipinski definition) is 2. The molecule has 1 aromatic rings. The van der Waals surface area contributed by atoms with Crippen LogP contribution >= 0.6 is 0 Å². The summed E-state index contributed by atoms with van der Waals surface area (Å²) >= 11 is 0. The van der Waals surface area contributed by atoms with Crippen molar-refractivity contribution in [3.63, 3.8) is 0 Å². The minimum Gasteiger partial charge on any atom is -0.338 e. The van der Waals surface area contributed by atoms with E-state index in [1.54, 1.807) is 6.07 Å². The molecule has 1 rings (SSSR count). The Morgan fingerprint density at radius 2 is 2.00 bits per heavy atom. The van der Waals surface area contributed by atoms with Crippen LogP contribution in [0, 0.1) is 5.82 Å². The van der Waals surface area contributed by atoms with Crippen LogP contribution in [0.25, 0.3) is 0 Å². The van der Waals surface area contributed by atoms with Crippen LogP contribution in [-0.2, 0) is 6.42 Å². The molecule has 0 aliphatic heterocycles. The maximum atomic E-state index is 12.9. The lowest BCUT2D eigenvalue weighted by atomic mass is 10.1. The summed E-state index contributed by atoms with van der Waals surface area (Å²) in [6, 6.07) is 6.24. The molecule has 0 fully saturated rings. The van der Waals surface area contributed by atoms with E-state index in [1.165, 1.54) is 12.1 Å². The summed E-state index contributed by atoms with van der Waals surface area (Å²) in [6.45, 7) is 2.11. The van der Waals surface area contributed by atoms with Crippen LogP contribution in [0.15, 0.2) is 24.3 Å². The summed E-state index contributed by atoms with van der Waals surface area (Å²) in [5, 5.41) is 5.54. The van der Waals surface area contributed by atoms with Gasteiger partial charge in [0.2, 0.25) is 0 Å². The molecular weight excluding hydrogens is 245 g/mol. The molecule has 4 nitrogen and oxygen atoms in total. The number of carbonyl (C=O) groups excluding carboxylic acids is 1. The number of hydrogen-bond acceptors (Lipinski definition) is 2. The third kappa shape index (κ3) is 7.41. The lowest BCUT2D eigenvalue weighted by Gasteiger charge is -2.10. The second kappa shape index (κ2) is 8.48. The van der Waals surface area contributed by atoms with Gasteiger partial charge in [-0.15, -0.1) is 0 Å². The van der Waals surface area contributed by atoms with Gasteiger partial charge in [-0.1, -0.05) is 12.1 Å². The Kier molecular flexibility index (Phi) is 6.89. The summed E-state index contributed by atoms with van der Waals surface area (Å²) in [4.78, 5) is 13.5. The lowest BCUT2D eigenvalue weighted by molar-refractivity contribution is 0.240. The fourth-order valence-corrected chi connectivity index (χ4v) is 1.67. The van der Waals surface area contributed by atoms with E-state index in [0.29, 0.717) is 19.5 Å². The summed E-state index contributed by atoms with van der Waals surface area (Å²) < 4.78 is 12.9. The van der Waals surface area contributed by atoms with Crippen LogP contribution in [-0.4, -0.2) is 44.7 Å². The van der Waals surface area contributed by atoms with Gasteiger partial charge in [-0.05, 0) is 51.2 Å². The van der Waals surface area contributed by atoms with Crippen molar-refractivity contribution in [3.05, 3.63) is 35.6 Å². The van der Waals surface area contributed by atoms with Crippen molar-refractivity contribution in [1.29, 1.82) is 0 Å². The highest BCUT2D eigenvalue weighted by Gasteiger charge is 2.00. The molecule has 19 heavy (non-hydrogen) atoms. The van der Waals surface area contributed by atoms with Crippen LogP contribution in [0.3, 0.4) is 0 Å².